The van der Waals surface area contributed by atoms with Gasteiger partial charge in [-0.05, 0) is 72.8 Å². The minimum Gasteiger partial charge on any atom is -0.245 e. The second-order valence-corrected chi connectivity index (χ2v) is 12.9. The van der Waals surface area contributed by atoms with Crippen LogP contribution in [0.5, 0.6) is 0 Å². The van der Waals surface area contributed by atoms with Crippen molar-refractivity contribution in [3.63, 3.8) is 0 Å². The summed E-state index contributed by atoms with van der Waals surface area (Å²) in [7, 11) is 0. The van der Waals surface area contributed by atoms with Crippen molar-refractivity contribution in [3.8, 4) is 44.8 Å². The fourth-order valence-electron chi connectivity index (χ4n) is 7.60. The summed E-state index contributed by atoms with van der Waals surface area (Å²) >= 11 is 0. The Morgan fingerprint density at radius 3 is 1.24 bits per heavy atom. The van der Waals surface area contributed by atoms with Crippen LogP contribution in [-0.4, -0.2) is 9.97 Å². The third kappa shape index (κ3) is 4.65. The molecule has 0 spiro atoms. The largest absolute Gasteiger partial charge is 0.245 e. The van der Waals surface area contributed by atoms with Gasteiger partial charge in [-0.25, -0.2) is 9.97 Å². The van der Waals surface area contributed by atoms with Crippen LogP contribution in [0.4, 0.5) is 0 Å². The summed E-state index contributed by atoms with van der Waals surface area (Å²) in [4.78, 5) is 10.3. The maximum absolute atomic E-state index is 5.21. The fourth-order valence-corrected chi connectivity index (χ4v) is 7.60. The SMILES string of the molecule is c1ccc(-c2ccc3ccc4ccc(-c5ccc(-c6c7ccccc7c(-c7ccc8ccccc8c7)c7ccccc67)cc5)nc4c3n2)cc1. The highest BCUT2D eigenvalue weighted by molar-refractivity contribution is 6.21. The molecular formula is C48H30N2. The Hall–Kier alpha value is -6.64. The first-order chi connectivity index (χ1) is 24.8. The first-order valence-corrected chi connectivity index (χ1v) is 17.1. The molecule has 0 aliphatic heterocycles. The van der Waals surface area contributed by atoms with Gasteiger partial charge in [0, 0.05) is 21.9 Å². The Labute approximate surface area is 290 Å². The second-order valence-electron chi connectivity index (χ2n) is 12.9. The summed E-state index contributed by atoms with van der Waals surface area (Å²) < 4.78 is 0. The van der Waals surface area contributed by atoms with E-state index in [4.69, 9.17) is 9.97 Å². The van der Waals surface area contributed by atoms with Crippen LogP contribution in [0.15, 0.2) is 182 Å². The number of benzene rings is 8. The molecular weight excluding hydrogens is 605 g/mol. The van der Waals surface area contributed by atoms with Crippen molar-refractivity contribution in [2.45, 2.75) is 0 Å². The van der Waals surface area contributed by atoms with E-state index in [1.54, 1.807) is 0 Å². The van der Waals surface area contributed by atoms with Gasteiger partial charge in [-0.3, -0.25) is 0 Å². The van der Waals surface area contributed by atoms with Gasteiger partial charge < -0.3 is 0 Å². The van der Waals surface area contributed by atoms with Crippen molar-refractivity contribution in [2.24, 2.45) is 0 Å². The average molecular weight is 635 g/mol. The Kier molecular flexibility index (Phi) is 6.53. The first kappa shape index (κ1) is 28.4. The van der Waals surface area contributed by atoms with Gasteiger partial charge in [-0.15, -0.1) is 0 Å². The van der Waals surface area contributed by atoms with Gasteiger partial charge in [0.2, 0.25) is 0 Å². The number of fused-ring (bicyclic) bond motifs is 6. The van der Waals surface area contributed by atoms with Gasteiger partial charge in [0.15, 0.2) is 0 Å². The number of nitrogens with zero attached hydrogens (tertiary/aromatic N) is 2. The average Bonchev–Trinajstić information content (AvgIpc) is 3.19. The van der Waals surface area contributed by atoms with Crippen LogP contribution in [0.25, 0.3) is 98.9 Å². The van der Waals surface area contributed by atoms with Crippen LogP contribution in [0.2, 0.25) is 0 Å². The Morgan fingerprint density at radius 2 is 0.660 bits per heavy atom. The number of rotatable bonds is 4. The summed E-state index contributed by atoms with van der Waals surface area (Å²) in [5.41, 5.74) is 10.9. The predicted molar refractivity (Wildman–Crippen MR) is 211 cm³/mol. The van der Waals surface area contributed by atoms with Crippen LogP contribution < -0.4 is 0 Å². The molecule has 10 rings (SSSR count). The van der Waals surface area contributed by atoms with Crippen LogP contribution in [-0.2, 0) is 0 Å². The quantitative estimate of drug-likeness (QED) is 0.142. The van der Waals surface area contributed by atoms with E-state index in [0.29, 0.717) is 0 Å². The molecule has 0 aliphatic carbocycles. The molecule has 0 N–H and O–H groups in total. The van der Waals surface area contributed by atoms with Gasteiger partial charge >= 0.3 is 0 Å². The summed E-state index contributed by atoms with van der Waals surface area (Å²) in [5, 5.41) is 9.68. The van der Waals surface area contributed by atoms with Gasteiger partial charge in [-0.2, -0.15) is 0 Å². The van der Waals surface area contributed by atoms with Crippen LogP contribution in [0, 0.1) is 0 Å². The molecule has 0 radical (unpaired) electrons. The summed E-state index contributed by atoms with van der Waals surface area (Å²) in [6.07, 6.45) is 0. The van der Waals surface area contributed by atoms with E-state index in [0.717, 1.165) is 44.3 Å². The maximum atomic E-state index is 5.21. The van der Waals surface area contributed by atoms with E-state index in [9.17, 15) is 0 Å². The standard InChI is InChI=1S/C48H30N2/c1-2-11-32(12-3-1)43-28-26-35-23-24-36-27-29-44(50-48(36)47(35)49-43)33-19-21-34(22-20-33)45-39-14-6-8-16-41(39)46(42-17-9-7-15-40(42)45)38-25-18-31-10-4-5-13-37(31)30-38/h1-30H. The zero-order chi connectivity index (χ0) is 33.0. The topological polar surface area (TPSA) is 25.8 Å². The van der Waals surface area contributed by atoms with E-state index in [1.165, 1.54) is 54.6 Å². The van der Waals surface area contributed by atoms with Crippen molar-refractivity contribution >= 4 is 54.1 Å². The Balaban J connectivity index is 1.11. The lowest BCUT2D eigenvalue weighted by Gasteiger charge is -2.18. The lowest BCUT2D eigenvalue weighted by molar-refractivity contribution is 1.36. The molecule has 10 aromatic rings. The second kappa shape index (κ2) is 11.5. The van der Waals surface area contributed by atoms with E-state index in [-0.39, 0.29) is 0 Å². The highest BCUT2D eigenvalue weighted by Gasteiger charge is 2.17. The summed E-state index contributed by atoms with van der Waals surface area (Å²) in [5.74, 6) is 0. The Morgan fingerprint density at radius 1 is 0.260 bits per heavy atom. The minimum atomic E-state index is 0.920. The van der Waals surface area contributed by atoms with E-state index >= 15 is 0 Å². The van der Waals surface area contributed by atoms with Crippen LogP contribution in [0.3, 0.4) is 0 Å². The lowest BCUT2D eigenvalue weighted by atomic mass is 9.85. The van der Waals surface area contributed by atoms with Gasteiger partial charge in [0.25, 0.3) is 0 Å². The van der Waals surface area contributed by atoms with Gasteiger partial charge in [0.05, 0.1) is 22.4 Å². The normalized spacial score (nSPS) is 11.6. The highest BCUT2D eigenvalue weighted by Crippen LogP contribution is 2.44. The molecule has 0 bridgehead atoms. The molecule has 2 heterocycles. The van der Waals surface area contributed by atoms with Crippen molar-refractivity contribution in [2.75, 3.05) is 0 Å². The molecule has 0 saturated carbocycles. The molecule has 8 aromatic carbocycles. The van der Waals surface area contributed by atoms with Crippen molar-refractivity contribution in [1.82, 2.24) is 9.97 Å². The zero-order valence-electron chi connectivity index (χ0n) is 27.2. The molecule has 2 aromatic heterocycles. The lowest BCUT2D eigenvalue weighted by Crippen LogP contribution is -1.92. The predicted octanol–water partition coefficient (Wildman–Crippen LogP) is 12.9. The third-order valence-corrected chi connectivity index (χ3v) is 10.0. The van der Waals surface area contributed by atoms with E-state index < -0.39 is 0 Å². The minimum absolute atomic E-state index is 0.920. The number of pyridine rings is 2. The molecule has 2 heteroatoms. The van der Waals surface area contributed by atoms with E-state index in [1.807, 2.05) is 6.07 Å². The molecule has 0 atom stereocenters. The number of aromatic nitrogens is 2. The maximum Gasteiger partial charge on any atom is 0.0972 e. The fraction of sp³-hybridized carbons (Fsp3) is 0. The molecule has 2 nitrogen and oxygen atoms in total. The van der Waals surface area contributed by atoms with Gasteiger partial charge in [-0.1, -0.05) is 164 Å². The number of hydrogen-bond acceptors (Lipinski definition) is 2. The van der Waals surface area contributed by atoms with Crippen LogP contribution in [0.1, 0.15) is 0 Å². The molecule has 0 amide bonds. The molecule has 232 valence electrons. The van der Waals surface area contributed by atoms with Gasteiger partial charge in [0.1, 0.15) is 0 Å². The van der Waals surface area contributed by atoms with Crippen LogP contribution >= 0.6 is 0 Å². The third-order valence-electron chi connectivity index (χ3n) is 10.0. The first-order valence-electron chi connectivity index (χ1n) is 17.1. The molecule has 50 heavy (non-hydrogen) atoms. The molecule has 0 fully saturated rings. The number of hydrogen-bond donors (Lipinski definition) is 0. The molecule has 0 saturated heterocycles. The molecule has 0 aliphatic rings. The Bertz CT molecular complexity index is 2850. The van der Waals surface area contributed by atoms with Crippen molar-refractivity contribution < 1.29 is 0 Å². The molecule has 0 unspecified atom stereocenters. The van der Waals surface area contributed by atoms with E-state index in [2.05, 4.69) is 176 Å². The summed E-state index contributed by atoms with van der Waals surface area (Å²) in [6, 6.07) is 65.1. The smallest absolute Gasteiger partial charge is 0.0972 e. The van der Waals surface area contributed by atoms with Crippen molar-refractivity contribution in [3.05, 3.63) is 182 Å². The van der Waals surface area contributed by atoms with Crippen molar-refractivity contribution in [1.29, 1.82) is 0 Å². The summed E-state index contributed by atoms with van der Waals surface area (Å²) in [6.45, 7) is 0. The zero-order valence-corrected chi connectivity index (χ0v) is 27.2. The monoisotopic (exact) mass is 634 g/mol. The highest BCUT2D eigenvalue weighted by atomic mass is 14.8.